The largest absolute Gasteiger partial charge is 0.271 e. The first-order valence-electron chi connectivity index (χ1n) is 2.64. The molecule has 0 bridgehead atoms. The normalized spacial score (nSPS) is 12.6. The van der Waals surface area contributed by atoms with Crippen LogP contribution in [0.2, 0.25) is 0 Å². The highest BCUT2D eigenvalue weighted by Gasteiger charge is 1.94. The highest BCUT2D eigenvalue weighted by Crippen LogP contribution is 1.95. The Morgan fingerprint density at radius 2 is 2.50 bits per heavy atom. The molecule has 0 rings (SSSR count). The first-order valence-corrected chi connectivity index (χ1v) is 2.64. The number of hydrogen-bond donors (Lipinski definition) is 2. The van der Waals surface area contributed by atoms with Crippen LogP contribution in [0.3, 0.4) is 0 Å². The van der Waals surface area contributed by atoms with Crippen LogP contribution < -0.4 is 11.3 Å². The van der Waals surface area contributed by atoms with Crippen molar-refractivity contribution >= 4 is 0 Å². The maximum absolute atomic E-state index is 8.24. The fourth-order valence-corrected chi connectivity index (χ4v) is 0.364. The Morgan fingerprint density at radius 1 is 1.88 bits per heavy atom. The van der Waals surface area contributed by atoms with Crippen molar-refractivity contribution in [2.45, 2.75) is 13.3 Å². The summed E-state index contributed by atoms with van der Waals surface area (Å²) < 4.78 is 0. The molecule has 0 fully saturated rings. The Balaban J connectivity index is 3.02. The molecule has 3 heteroatoms. The van der Waals surface area contributed by atoms with Crippen molar-refractivity contribution in [3.8, 4) is 6.07 Å². The lowest BCUT2D eigenvalue weighted by Gasteiger charge is -1.97. The van der Waals surface area contributed by atoms with E-state index in [9.17, 15) is 0 Å². The number of hydrazine groups is 1. The summed E-state index contributed by atoms with van der Waals surface area (Å²) in [5.74, 6) is 5.09. The fraction of sp³-hybridized carbons (Fsp3) is 0.800. The summed E-state index contributed by atoms with van der Waals surface area (Å²) in [5, 5.41) is 8.24. The molecule has 0 aromatic heterocycles. The van der Waals surface area contributed by atoms with E-state index in [1.165, 1.54) is 0 Å². The van der Waals surface area contributed by atoms with Gasteiger partial charge in [-0.15, -0.1) is 0 Å². The van der Waals surface area contributed by atoms with Gasteiger partial charge in [-0.2, -0.15) is 5.26 Å². The molecule has 8 heavy (non-hydrogen) atoms. The number of rotatable bonds is 3. The zero-order valence-electron chi connectivity index (χ0n) is 5.02. The number of nitrogens with two attached hydrogens (primary N) is 1. The number of hydrogen-bond acceptors (Lipinski definition) is 3. The van der Waals surface area contributed by atoms with Crippen LogP contribution in [0.4, 0.5) is 0 Å². The van der Waals surface area contributed by atoms with Crippen molar-refractivity contribution in [1.29, 1.82) is 5.26 Å². The lowest BCUT2D eigenvalue weighted by molar-refractivity contribution is 0.598. The average molecular weight is 113 g/mol. The van der Waals surface area contributed by atoms with E-state index in [0.29, 0.717) is 6.54 Å². The van der Waals surface area contributed by atoms with Gasteiger partial charge >= 0.3 is 0 Å². The Bertz CT molecular complexity index is 84.2. The molecule has 1 atom stereocenters. The van der Waals surface area contributed by atoms with E-state index in [-0.39, 0.29) is 5.92 Å². The van der Waals surface area contributed by atoms with Crippen LogP contribution in [0.25, 0.3) is 0 Å². The Labute approximate surface area is 49.5 Å². The predicted octanol–water partition coefficient (Wildman–Crippen LogP) is -0.000520. The molecular weight excluding hydrogens is 102 g/mol. The summed E-state index contributed by atoms with van der Waals surface area (Å²) in [6, 6.07) is 2.10. The minimum absolute atomic E-state index is 0.117. The van der Waals surface area contributed by atoms with E-state index in [4.69, 9.17) is 11.1 Å². The van der Waals surface area contributed by atoms with Crippen molar-refractivity contribution in [1.82, 2.24) is 5.43 Å². The topological polar surface area (TPSA) is 61.8 Å². The van der Waals surface area contributed by atoms with Crippen molar-refractivity contribution in [2.75, 3.05) is 6.54 Å². The van der Waals surface area contributed by atoms with E-state index < -0.39 is 0 Å². The molecule has 0 amide bonds. The molecule has 0 aliphatic heterocycles. The lowest BCUT2D eigenvalue weighted by atomic mass is 10.1. The zero-order chi connectivity index (χ0) is 6.41. The molecule has 0 radical (unpaired) electrons. The van der Waals surface area contributed by atoms with Crippen LogP contribution in [0.1, 0.15) is 13.3 Å². The van der Waals surface area contributed by atoms with Gasteiger partial charge < -0.3 is 0 Å². The van der Waals surface area contributed by atoms with Gasteiger partial charge in [0.1, 0.15) is 0 Å². The van der Waals surface area contributed by atoms with Crippen LogP contribution in [-0.4, -0.2) is 6.54 Å². The van der Waals surface area contributed by atoms with Crippen molar-refractivity contribution in [2.24, 2.45) is 11.8 Å². The lowest BCUT2D eigenvalue weighted by Crippen LogP contribution is -2.24. The van der Waals surface area contributed by atoms with Crippen molar-refractivity contribution in [3.05, 3.63) is 0 Å². The van der Waals surface area contributed by atoms with Crippen LogP contribution in [0.5, 0.6) is 0 Å². The second-order valence-electron chi connectivity index (χ2n) is 1.77. The third-order valence-electron chi connectivity index (χ3n) is 0.942. The zero-order valence-corrected chi connectivity index (χ0v) is 5.02. The molecule has 0 aliphatic rings. The summed E-state index contributed by atoms with van der Waals surface area (Å²) in [7, 11) is 0. The third kappa shape index (κ3) is 3.59. The average Bonchev–Trinajstić information content (AvgIpc) is 1.83. The first-order chi connectivity index (χ1) is 3.81. The molecule has 0 aromatic rings. The molecule has 0 aromatic carbocycles. The van der Waals surface area contributed by atoms with E-state index in [2.05, 4.69) is 11.5 Å². The first kappa shape index (κ1) is 7.41. The third-order valence-corrected chi connectivity index (χ3v) is 0.942. The van der Waals surface area contributed by atoms with Gasteiger partial charge in [-0.25, -0.2) is 0 Å². The fourth-order valence-electron chi connectivity index (χ4n) is 0.364. The van der Waals surface area contributed by atoms with Gasteiger partial charge in [0.05, 0.1) is 6.07 Å². The quantitative estimate of drug-likeness (QED) is 0.400. The molecule has 0 spiro atoms. The minimum Gasteiger partial charge on any atom is -0.271 e. The Kier molecular flexibility index (Phi) is 4.23. The molecule has 0 aliphatic carbocycles. The standard InChI is InChI=1S/C5H11N3/c1-5(4-6)2-3-8-7/h5,8H,2-3,7H2,1H3. The molecule has 1 unspecified atom stereocenters. The van der Waals surface area contributed by atoms with E-state index in [0.717, 1.165) is 6.42 Å². The highest BCUT2D eigenvalue weighted by molar-refractivity contribution is 4.78. The summed E-state index contributed by atoms with van der Waals surface area (Å²) in [5.41, 5.74) is 2.48. The summed E-state index contributed by atoms with van der Waals surface area (Å²) in [6.45, 7) is 2.59. The predicted molar refractivity (Wildman–Crippen MR) is 31.6 cm³/mol. The summed E-state index contributed by atoms with van der Waals surface area (Å²) in [6.07, 6.45) is 0.826. The van der Waals surface area contributed by atoms with Crippen LogP contribution in [-0.2, 0) is 0 Å². The molecule has 46 valence electrons. The highest BCUT2D eigenvalue weighted by atomic mass is 15.2. The Hall–Kier alpha value is -0.590. The Morgan fingerprint density at radius 3 is 2.88 bits per heavy atom. The maximum Gasteiger partial charge on any atom is 0.0653 e. The molecule has 0 saturated heterocycles. The monoisotopic (exact) mass is 113 g/mol. The van der Waals surface area contributed by atoms with Gasteiger partial charge in [0.2, 0.25) is 0 Å². The van der Waals surface area contributed by atoms with E-state index in [1.807, 2.05) is 6.92 Å². The SMILES string of the molecule is CC(C#N)CCNN. The molecule has 0 saturated carbocycles. The smallest absolute Gasteiger partial charge is 0.0653 e. The summed E-state index contributed by atoms with van der Waals surface area (Å²) >= 11 is 0. The second kappa shape index (κ2) is 4.57. The van der Waals surface area contributed by atoms with Crippen LogP contribution >= 0.6 is 0 Å². The molecular formula is C5H11N3. The second-order valence-corrected chi connectivity index (χ2v) is 1.77. The number of nitrogens with one attached hydrogen (secondary N) is 1. The van der Waals surface area contributed by atoms with Gasteiger partial charge in [-0.1, -0.05) is 0 Å². The van der Waals surface area contributed by atoms with Gasteiger partial charge in [0.25, 0.3) is 0 Å². The van der Waals surface area contributed by atoms with Crippen LogP contribution in [0, 0.1) is 17.2 Å². The minimum atomic E-state index is 0.117. The summed E-state index contributed by atoms with van der Waals surface area (Å²) in [4.78, 5) is 0. The van der Waals surface area contributed by atoms with E-state index in [1.54, 1.807) is 0 Å². The van der Waals surface area contributed by atoms with Crippen LogP contribution in [0.15, 0.2) is 0 Å². The van der Waals surface area contributed by atoms with E-state index >= 15 is 0 Å². The van der Waals surface area contributed by atoms with Crippen molar-refractivity contribution < 1.29 is 0 Å². The molecule has 0 heterocycles. The van der Waals surface area contributed by atoms with Crippen molar-refractivity contribution in [3.63, 3.8) is 0 Å². The van der Waals surface area contributed by atoms with Gasteiger partial charge in [0, 0.05) is 12.5 Å². The molecule has 3 nitrogen and oxygen atoms in total. The number of nitrogens with zero attached hydrogens (tertiary/aromatic N) is 1. The van der Waals surface area contributed by atoms with Gasteiger partial charge in [-0.05, 0) is 13.3 Å². The van der Waals surface area contributed by atoms with Gasteiger partial charge in [0.15, 0.2) is 0 Å². The maximum atomic E-state index is 8.24. The number of nitriles is 1. The molecule has 3 N–H and O–H groups in total. The van der Waals surface area contributed by atoms with Gasteiger partial charge in [-0.3, -0.25) is 11.3 Å².